The molecule has 1 aromatic carbocycles. The molecule has 19 heavy (non-hydrogen) atoms. The fourth-order valence-electron chi connectivity index (χ4n) is 2.24. The molecule has 108 valence electrons. The van der Waals surface area contributed by atoms with Crippen LogP contribution in [0.15, 0.2) is 24.3 Å². The largest absolute Gasteiger partial charge is 0.377 e. The molecule has 2 nitrogen and oxygen atoms in total. The molecule has 0 aliphatic rings. The number of benzene rings is 1. The van der Waals surface area contributed by atoms with Crippen molar-refractivity contribution in [2.24, 2.45) is 0 Å². The highest BCUT2D eigenvalue weighted by Crippen LogP contribution is 2.29. The third kappa shape index (κ3) is 4.32. The second-order valence-corrected chi connectivity index (χ2v) is 6.02. The molecule has 1 N–H and O–H groups in total. The van der Waals surface area contributed by atoms with E-state index in [1.807, 2.05) is 0 Å². The Hall–Kier alpha value is -0.860. The van der Waals surface area contributed by atoms with E-state index in [0.717, 1.165) is 13.0 Å². The number of hydrogen-bond acceptors (Lipinski definition) is 2. The van der Waals surface area contributed by atoms with Crippen LogP contribution in [0.1, 0.15) is 64.1 Å². The van der Waals surface area contributed by atoms with E-state index in [1.54, 1.807) is 7.11 Å². The summed E-state index contributed by atoms with van der Waals surface area (Å²) >= 11 is 0. The Bertz CT molecular complexity index is 367. The lowest BCUT2D eigenvalue weighted by molar-refractivity contribution is -0.0110. The van der Waals surface area contributed by atoms with Crippen LogP contribution in [0.4, 0.5) is 0 Å². The second-order valence-electron chi connectivity index (χ2n) is 6.02. The van der Waals surface area contributed by atoms with Crippen molar-refractivity contribution >= 4 is 0 Å². The lowest BCUT2D eigenvalue weighted by atomic mass is 9.90. The van der Waals surface area contributed by atoms with Gasteiger partial charge in [-0.3, -0.25) is 0 Å². The van der Waals surface area contributed by atoms with Gasteiger partial charge in [-0.15, -0.1) is 0 Å². The Morgan fingerprint density at radius 3 is 2.05 bits per heavy atom. The van der Waals surface area contributed by atoms with Crippen LogP contribution >= 0.6 is 0 Å². The standard InChI is InChI=1S/C17H29NO/c1-7-12-18-16(17(4,5)19-6)15-10-8-14(9-11-15)13(2)3/h8-11,13,16,18H,7,12H2,1-6H3. The molecule has 0 spiro atoms. The van der Waals surface area contributed by atoms with Crippen molar-refractivity contribution in [3.05, 3.63) is 35.4 Å². The Balaban J connectivity index is 2.97. The summed E-state index contributed by atoms with van der Waals surface area (Å²) in [5.74, 6) is 0.575. The lowest BCUT2D eigenvalue weighted by Gasteiger charge is -2.34. The number of nitrogens with one attached hydrogen (secondary N) is 1. The SMILES string of the molecule is CCCNC(c1ccc(C(C)C)cc1)C(C)(C)OC. The first-order chi connectivity index (χ1) is 8.92. The molecule has 0 aromatic heterocycles. The predicted molar refractivity (Wildman–Crippen MR) is 82.7 cm³/mol. The third-order valence-electron chi connectivity index (χ3n) is 3.76. The summed E-state index contributed by atoms with van der Waals surface area (Å²) in [5.41, 5.74) is 2.46. The van der Waals surface area contributed by atoms with E-state index in [2.05, 4.69) is 64.2 Å². The van der Waals surface area contributed by atoms with Gasteiger partial charge >= 0.3 is 0 Å². The Kier molecular flexibility index (Phi) is 6.02. The summed E-state index contributed by atoms with van der Waals surface area (Å²) < 4.78 is 5.67. The molecule has 0 saturated heterocycles. The summed E-state index contributed by atoms with van der Waals surface area (Å²) in [6.45, 7) is 11.9. The van der Waals surface area contributed by atoms with Gasteiger partial charge in [0.25, 0.3) is 0 Å². The molecule has 0 aliphatic carbocycles. The maximum atomic E-state index is 5.67. The van der Waals surface area contributed by atoms with Crippen molar-refractivity contribution in [3.63, 3.8) is 0 Å². The van der Waals surface area contributed by atoms with Crippen LogP contribution in [0.2, 0.25) is 0 Å². The molecule has 1 atom stereocenters. The summed E-state index contributed by atoms with van der Waals surface area (Å²) in [4.78, 5) is 0. The maximum absolute atomic E-state index is 5.67. The summed E-state index contributed by atoms with van der Waals surface area (Å²) in [5, 5.41) is 3.60. The van der Waals surface area contributed by atoms with Crippen LogP contribution in [-0.2, 0) is 4.74 Å². The van der Waals surface area contributed by atoms with Crippen molar-refractivity contribution < 1.29 is 4.74 Å². The zero-order chi connectivity index (χ0) is 14.5. The molecule has 0 bridgehead atoms. The molecular weight excluding hydrogens is 234 g/mol. The number of methoxy groups -OCH3 is 1. The number of ether oxygens (including phenoxy) is 1. The Morgan fingerprint density at radius 1 is 1.11 bits per heavy atom. The van der Waals surface area contributed by atoms with Gasteiger partial charge in [-0.25, -0.2) is 0 Å². The van der Waals surface area contributed by atoms with Crippen molar-refractivity contribution in [3.8, 4) is 0 Å². The topological polar surface area (TPSA) is 21.3 Å². The molecule has 0 saturated carbocycles. The molecule has 0 aliphatic heterocycles. The fraction of sp³-hybridized carbons (Fsp3) is 0.647. The average Bonchev–Trinajstić information content (AvgIpc) is 2.39. The van der Waals surface area contributed by atoms with Gasteiger partial charge in [-0.2, -0.15) is 0 Å². The maximum Gasteiger partial charge on any atom is 0.0816 e. The van der Waals surface area contributed by atoms with Gasteiger partial charge in [-0.05, 0) is 43.9 Å². The van der Waals surface area contributed by atoms with Crippen LogP contribution in [0.3, 0.4) is 0 Å². The quantitative estimate of drug-likeness (QED) is 0.793. The first-order valence-electron chi connectivity index (χ1n) is 7.30. The second kappa shape index (κ2) is 7.06. The smallest absolute Gasteiger partial charge is 0.0816 e. The molecule has 0 heterocycles. The van der Waals surface area contributed by atoms with E-state index in [1.165, 1.54) is 11.1 Å². The predicted octanol–water partition coefficient (Wildman–Crippen LogP) is 4.28. The minimum absolute atomic E-state index is 0.214. The van der Waals surface area contributed by atoms with Crippen LogP contribution in [0.5, 0.6) is 0 Å². The summed E-state index contributed by atoms with van der Waals surface area (Å²) in [6, 6.07) is 9.13. The fourth-order valence-corrected chi connectivity index (χ4v) is 2.24. The van der Waals surface area contributed by atoms with E-state index in [-0.39, 0.29) is 11.6 Å². The molecule has 1 unspecified atom stereocenters. The van der Waals surface area contributed by atoms with Gasteiger partial charge in [0.15, 0.2) is 0 Å². The summed E-state index contributed by atoms with van der Waals surface area (Å²) in [6.07, 6.45) is 1.13. The molecule has 1 rings (SSSR count). The van der Waals surface area contributed by atoms with Crippen molar-refractivity contribution in [1.82, 2.24) is 5.32 Å². The molecule has 1 aromatic rings. The highest BCUT2D eigenvalue weighted by Gasteiger charge is 2.30. The first kappa shape index (κ1) is 16.2. The van der Waals surface area contributed by atoms with Crippen LogP contribution < -0.4 is 5.32 Å². The highest BCUT2D eigenvalue weighted by molar-refractivity contribution is 5.28. The van der Waals surface area contributed by atoms with Crippen LogP contribution in [-0.4, -0.2) is 19.3 Å². The normalized spacial score (nSPS) is 13.8. The van der Waals surface area contributed by atoms with Gasteiger partial charge in [0.05, 0.1) is 11.6 Å². The van der Waals surface area contributed by atoms with Crippen LogP contribution in [0, 0.1) is 0 Å². The Labute approximate surface area is 118 Å². The molecular formula is C17H29NO. The minimum Gasteiger partial charge on any atom is -0.377 e. The van der Waals surface area contributed by atoms with Gasteiger partial charge in [-0.1, -0.05) is 45.0 Å². The zero-order valence-corrected chi connectivity index (χ0v) is 13.3. The molecule has 0 amide bonds. The molecule has 0 fully saturated rings. The van der Waals surface area contributed by atoms with Gasteiger partial charge < -0.3 is 10.1 Å². The average molecular weight is 263 g/mol. The first-order valence-corrected chi connectivity index (χ1v) is 7.30. The molecule has 0 radical (unpaired) electrons. The van der Waals surface area contributed by atoms with E-state index in [9.17, 15) is 0 Å². The molecule has 2 heteroatoms. The van der Waals surface area contributed by atoms with E-state index in [4.69, 9.17) is 4.74 Å². The van der Waals surface area contributed by atoms with Crippen molar-refractivity contribution in [2.75, 3.05) is 13.7 Å². The minimum atomic E-state index is -0.214. The van der Waals surface area contributed by atoms with E-state index < -0.39 is 0 Å². The van der Waals surface area contributed by atoms with Crippen molar-refractivity contribution in [2.45, 2.75) is 58.6 Å². The lowest BCUT2D eigenvalue weighted by Crippen LogP contribution is -2.41. The number of rotatable bonds is 7. The Morgan fingerprint density at radius 2 is 1.63 bits per heavy atom. The van der Waals surface area contributed by atoms with Gasteiger partial charge in [0, 0.05) is 7.11 Å². The van der Waals surface area contributed by atoms with Gasteiger partial charge in [0.1, 0.15) is 0 Å². The monoisotopic (exact) mass is 263 g/mol. The summed E-state index contributed by atoms with van der Waals surface area (Å²) in [7, 11) is 1.78. The van der Waals surface area contributed by atoms with Crippen LogP contribution in [0.25, 0.3) is 0 Å². The van der Waals surface area contributed by atoms with E-state index >= 15 is 0 Å². The van der Waals surface area contributed by atoms with Crippen molar-refractivity contribution in [1.29, 1.82) is 0 Å². The van der Waals surface area contributed by atoms with Gasteiger partial charge in [0.2, 0.25) is 0 Å². The zero-order valence-electron chi connectivity index (χ0n) is 13.3. The number of hydrogen-bond donors (Lipinski definition) is 1. The van der Waals surface area contributed by atoms with E-state index in [0.29, 0.717) is 5.92 Å². The third-order valence-corrected chi connectivity index (χ3v) is 3.76. The highest BCUT2D eigenvalue weighted by atomic mass is 16.5.